The van der Waals surface area contributed by atoms with Crippen LogP contribution in [0.25, 0.3) is 0 Å². The number of benzene rings is 1. The second-order valence-electron chi connectivity index (χ2n) is 4.74. The van der Waals surface area contributed by atoms with Crippen molar-refractivity contribution >= 4 is 17.8 Å². The monoisotopic (exact) mass is 249 g/mol. The van der Waals surface area contributed by atoms with Gasteiger partial charge in [-0.3, -0.25) is 0 Å². The van der Waals surface area contributed by atoms with Crippen molar-refractivity contribution in [2.75, 3.05) is 5.32 Å². The Labute approximate surface area is 105 Å². The summed E-state index contributed by atoms with van der Waals surface area (Å²) < 4.78 is 0. The maximum absolute atomic E-state index is 11.2. The van der Waals surface area contributed by atoms with Crippen molar-refractivity contribution in [3.8, 4) is 0 Å². The minimum Gasteiger partial charge on any atom is -0.462 e. The third-order valence-electron chi connectivity index (χ3n) is 2.23. The zero-order valence-corrected chi connectivity index (χ0v) is 10.5. The van der Waals surface area contributed by atoms with E-state index in [-0.39, 0.29) is 5.41 Å². The van der Waals surface area contributed by atoms with Crippen LogP contribution in [0.3, 0.4) is 0 Å². The van der Waals surface area contributed by atoms with E-state index in [1.54, 1.807) is 12.1 Å². The molecule has 0 spiro atoms. The Balaban J connectivity index is 2.70. The van der Waals surface area contributed by atoms with Gasteiger partial charge in [0.2, 0.25) is 0 Å². The molecule has 0 radical (unpaired) electrons. The second-order valence-corrected chi connectivity index (χ2v) is 4.74. The first-order valence-corrected chi connectivity index (χ1v) is 5.35. The van der Waals surface area contributed by atoms with Gasteiger partial charge in [0.15, 0.2) is 0 Å². The first-order chi connectivity index (χ1) is 8.29. The van der Waals surface area contributed by atoms with Gasteiger partial charge in [0.05, 0.1) is 0 Å². The number of rotatable bonds is 1. The molecule has 18 heavy (non-hydrogen) atoms. The number of anilines is 1. The van der Waals surface area contributed by atoms with Crippen LogP contribution in [0.4, 0.5) is 15.3 Å². The van der Waals surface area contributed by atoms with Crippen LogP contribution < -0.4 is 5.32 Å². The van der Waals surface area contributed by atoms with Gasteiger partial charge in [-0.2, -0.15) is 0 Å². The Morgan fingerprint density at radius 3 is 2.11 bits per heavy atom. The molecule has 0 bridgehead atoms. The van der Waals surface area contributed by atoms with Gasteiger partial charge >= 0.3 is 12.1 Å². The first-order valence-electron chi connectivity index (χ1n) is 5.35. The summed E-state index contributed by atoms with van der Waals surface area (Å²) in [6.45, 7) is 6.25. The summed E-state index contributed by atoms with van der Waals surface area (Å²) >= 11 is 0. The highest BCUT2D eigenvalue weighted by Crippen LogP contribution is 2.23. The predicted octanol–water partition coefficient (Wildman–Crippen LogP) is 3.65. The quantitative estimate of drug-likeness (QED) is 0.744. The SMILES string of the molecule is CC(C)(C)c1ccc(NC(=O)N=NC(=O)O)cc1. The number of carbonyl (C=O) groups is 2. The lowest BCUT2D eigenvalue weighted by atomic mass is 9.87. The van der Waals surface area contributed by atoms with Gasteiger partial charge in [0, 0.05) is 5.69 Å². The molecular weight excluding hydrogens is 234 g/mol. The van der Waals surface area contributed by atoms with E-state index in [1.807, 2.05) is 12.1 Å². The molecule has 0 atom stereocenters. The fourth-order valence-corrected chi connectivity index (χ4v) is 1.29. The van der Waals surface area contributed by atoms with Crippen LogP contribution >= 0.6 is 0 Å². The summed E-state index contributed by atoms with van der Waals surface area (Å²) in [6, 6.07) is 6.43. The number of carbonyl (C=O) groups excluding carboxylic acids is 1. The Morgan fingerprint density at radius 2 is 1.67 bits per heavy atom. The van der Waals surface area contributed by atoms with Crippen molar-refractivity contribution in [2.45, 2.75) is 26.2 Å². The molecule has 1 aromatic carbocycles. The van der Waals surface area contributed by atoms with Crippen LogP contribution in [0.15, 0.2) is 34.5 Å². The van der Waals surface area contributed by atoms with Crippen LogP contribution in [0.1, 0.15) is 26.3 Å². The molecule has 1 rings (SSSR count). The molecule has 0 aliphatic rings. The van der Waals surface area contributed by atoms with Crippen molar-refractivity contribution < 1.29 is 14.7 Å². The Morgan fingerprint density at radius 1 is 1.11 bits per heavy atom. The van der Waals surface area contributed by atoms with E-state index in [0.717, 1.165) is 5.56 Å². The Hall–Kier alpha value is -2.24. The molecule has 0 aromatic heterocycles. The van der Waals surface area contributed by atoms with Gasteiger partial charge in [-0.05, 0) is 23.1 Å². The average molecular weight is 249 g/mol. The number of nitrogens with one attached hydrogen (secondary N) is 1. The minimum absolute atomic E-state index is 0.0333. The minimum atomic E-state index is -1.51. The Kier molecular flexibility index (Phi) is 4.14. The van der Waals surface area contributed by atoms with E-state index < -0.39 is 12.1 Å². The highest BCUT2D eigenvalue weighted by atomic mass is 16.4. The normalized spacial score (nSPS) is 11.5. The third kappa shape index (κ3) is 4.32. The molecule has 2 N–H and O–H groups in total. The standard InChI is InChI=1S/C12H15N3O3/c1-12(2,3)8-4-6-9(7-5-8)13-10(16)14-15-11(17)18/h4-7H,1-3H3,(H,13,16)(H,17,18). The molecule has 0 aliphatic heterocycles. The molecule has 6 heteroatoms. The van der Waals surface area contributed by atoms with Crippen LogP contribution in [0, 0.1) is 0 Å². The summed E-state index contributed by atoms with van der Waals surface area (Å²) in [5, 5.41) is 16.3. The molecule has 0 saturated heterocycles. The summed E-state index contributed by atoms with van der Waals surface area (Å²) in [6.07, 6.45) is -1.51. The van der Waals surface area contributed by atoms with Gasteiger partial charge in [0.1, 0.15) is 0 Å². The number of nitrogens with zero attached hydrogens (tertiary/aromatic N) is 2. The molecule has 0 saturated carbocycles. The topological polar surface area (TPSA) is 91.1 Å². The largest absolute Gasteiger partial charge is 0.462 e. The lowest BCUT2D eigenvalue weighted by Crippen LogP contribution is -2.11. The molecule has 0 heterocycles. The lowest BCUT2D eigenvalue weighted by Gasteiger charge is -2.19. The van der Waals surface area contributed by atoms with E-state index in [1.165, 1.54) is 0 Å². The smallest absolute Gasteiger partial charge is 0.450 e. The van der Waals surface area contributed by atoms with Crippen LogP contribution in [-0.2, 0) is 5.41 Å². The maximum Gasteiger partial charge on any atom is 0.450 e. The number of carboxylic acid groups (broad SMARTS) is 1. The van der Waals surface area contributed by atoms with Crippen molar-refractivity contribution in [3.05, 3.63) is 29.8 Å². The number of azo groups is 1. The van der Waals surface area contributed by atoms with E-state index in [0.29, 0.717) is 5.69 Å². The number of hydrogen-bond acceptors (Lipinski definition) is 2. The molecule has 0 fully saturated rings. The van der Waals surface area contributed by atoms with Crippen LogP contribution in [0.5, 0.6) is 0 Å². The number of amides is 3. The fraction of sp³-hybridized carbons (Fsp3) is 0.333. The zero-order valence-electron chi connectivity index (χ0n) is 10.5. The lowest BCUT2D eigenvalue weighted by molar-refractivity contribution is 0.203. The van der Waals surface area contributed by atoms with Crippen LogP contribution in [0.2, 0.25) is 0 Å². The third-order valence-corrected chi connectivity index (χ3v) is 2.23. The molecule has 1 aromatic rings. The van der Waals surface area contributed by atoms with Crippen molar-refractivity contribution in [2.24, 2.45) is 10.2 Å². The van der Waals surface area contributed by atoms with Crippen LogP contribution in [-0.4, -0.2) is 17.2 Å². The summed E-state index contributed by atoms with van der Waals surface area (Å²) in [4.78, 5) is 21.2. The summed E-state index contributed by atoms with van der Waals surface area (Å²) in [7, 11) is 0. The molecule has 0 aliphatic carbocycles. The maximum atomic E-state index is 11.2. The Bertz CT molecular complexity index is 472. The second kappa shape index (κ2) is 5.39. The molecular formula is C12H15N3O3. The van der Waals surface area contributed by atoms with E-state index in [2.05, 4.69) is 36.3 Å². The highest BCUT2D eigenvalue weighted by Gasteiger charge is 2.13. The zero-order chi connectivity index (χ0) is 13.8. The molecule has 3 amide bonds. The van der Waals surface area contributed by atoms with E-state index in [4.69, 9.17) is 5.11 Å². The summed E-state index contributed by atoms with van der Waals surface area (Å²) in [5.41, 5.74) is 1.70. The molecule has 0 unspecified atom stereocenters. The highest BCUT2D eigenvalue weighted by molar-refractivity contribution is 5.90. The molecule has 6 nitrogen and oxygen atoms in total. The van der Waals surface area contributed by atoms with Crippen molar-refractivity contribution in [3.63, 3.8) is 0 Å². The van der Waals surface area contributed by atoms with Gasteiger partial charge in [-0.15, -0.1) is 0 Å². The fourth-order valence-electron chi connectivity index (χ4n) is 1.29. The predicted molar refractivity (Wildman–Crippen MR) is 67.0 cm³/mol. The van der Waals surface area contributed by atoms with Gasteiger partial charge in [-0.1, -0.05) is 43.1 Å². The number of hydrogen-bond donors (Lipinski definition) is 2. The average Bonchev–Trinajstić information content (AvgIpc) is 2.26. The van der Waals surface area contributed by atoms with Gasteiger partial charge < -0.3 is 10.4 Å². The first kappa shape index (κ1) is 13.8. The van der Waals surface area contributed by atoms with Gasteiger partial charge in [0.25, 0.3) is 0 Å². The van der Waals surface area contributed by atoms with E-state index in [9.17, 15) is 9.59 Å². The van der Waals surface area contributed by atoms with E-state index >= 15 is 0 Å². The number of urea groups is 1. The molecule has 96 valence electrons. The van der Waals surface area contributed by atoms with Gasteiger partial charge in [-0.25, -0.2) is 9.59 Å². The van der Waals surface area contributed by atoms with Crippen molar-refractivity contribution in [1.82, 2.24) is 0 Å². The summed E-state index contributed by atoms with van der Waals surface area (Å²) in [5.74, 6) is 0. The van der Waals surface area contributed by atoms with Crippen molar-refractivity contribution in [1.29, 1.82) is 0 Å².